The number of rotatable bonds is 5. The van der Waals surface area contributed by atoms with Crippen LogP contribution in [-0.4, -0.2) is 19.1 Å². The lowest BCUT2D eigenvalue weighted by molar-refractivity contribution is 0.0951. The average Bonchev–Trinajstić information content (AvgIpc) is 2.54. The molecular formula is C16H14N2O3. The van der Waals surface area contributed by atoms with Crippen LogP contribution in [0.2, 0.25) is 0 Å². The van der Waals surface area contributed by atoms with Crippen molar-refractivity contribution in [2.24, 2.45) is 4.99 Å². The number of nitrogens with one attached hydrogen (secondary N) is 1. The first kappa shape index (κ1) is 14.5. The van der Waals surface area contributed by atoms with Crippen LogP contribution in [0.15, 0.2) is 53.5 Å². The molecule has 2 aromatic carbocycles. The van der Waals surface area contributed by atoms with E-state index >= 15 is 0 Å². The van der Waals surface area contributed by atoms with E-state index in [9.17, 15) is 9.59 Å². The smallest absolute Gasteiger partial charge is 0.253 e. The van der Waals surface area contributed by atoms with Gasteiger partial charge in [0.25, 0.3) is 5.91 Å². The highest BCUT2D eigenvalue weighted by atomic mass is 16.5. The highest BCUT2D eigenvalue weighted by Gasteiger charge is 2.10. The zero-order valence-electron chi connectivity index (χ0n) is 11.5. The molecule has 5 heteroatoms. The summed E-state index contributed by atoms with van der Waals surface area (Å²) in [7, 11) is 1.60. The number of amides is 1. The van der Waals surface area contributed by atoms with Crippen molar-refractivity contribution in [3.63, 3.8) is 0 Å². The third kappa shape index (κ3) is 3.78. The SMILES string of the molecule is COc1ccc(CNC(=O)c2ccccc2N=C=O)cc1. The molecule has 2 rings (SSSR count). The van der Waals surface area contributed by atoms with Gasteiger partial charge in [-0.05, 0) is 29.8 Å². The molecule has 0 fully saturated rings. The number of benzene rings is 2. The highest BCUT2D eigenvalue weighted by Crippen LogP contribution is 2.18. The van der Waals surface area contributed by atoms with Crippen molar-refractivity contribution in [1.82, 2.24) is 5.32 Å². The maximum absolute atomic E-state index is 12.1. The number of carbonyl (C=O) groups is 1. The monoisotopic (exact) mass is 282 g/mol. The van der Waals surface area contributed by atoms with E-state index in [4.69, 9.17) is 4.74 Å². The van der Waals surface area contributed by atoms with E-state index in [1.165, 1.54) is 6.08 Å². The van der Waals surface area contributed by atoms with Gasteiger partial charge in [-0.2, -0.15) is 4.99 Å². The first-order chi connectivity index (χ1) is 10.2. The lowest BCUT2D eigenvalue weighted by atomic mass is 10.1. The summed E-state index contributed by atoms with van der Waals surface area (Å²) < 4.78 is 5.07. The molecule has 21 heavy (non-hydrogen) atoms. The minimum absolute atomic E-state index is 0.291. The van der Waals surface area contributed by atoms with Crippen LogP contribution in [0.1, 0.15) is 15.9 Å². The number of methoxy groups -OCH3 is 1. The Bertz CT molecular complexity index is 674. The maximum atomic E-state index is 12.1. The van der Waals surface area contributed by atoms with Crippen molar-refractivity contribution < 1.29 is 14.3 Å². The summed E-state index contributed by atoms with van der Waals surface area (Å²) in [5.41, 5.74) is 1.59. The first-order valence-corrected chi connectivity index (χ1v) is 6.32. The molecule has 0 spiro atoms. The van der Waals surface area contributed by atoms with E-state index in [1.54, 1.807) is 31.4 Å². The van der Waals surface area contributed by atoms with E-state index in [-0.39, 0.29) is 5.91 Å². The van der Waals surface area contributed by atoms with Gasteiger partial charge >= 0.3 is 0 Å². The Kier molecular flexibility index (Phi) is 4.85. The number of nitrogens with zero attached hydrogens (tertiary/aromatic N) is 1. The molecule has 1 amide bonds. The number of hydrogen-bond acceptors (Lipinski definition) is 4. The van der Waals surface area contributed by atoms with Crippen LogP contribution in [0.3, 0.4) is 0 Å². The highest BCUT2D eigenvalue weighted by molar-refractivity contribution is 5.99. The van der Waals surface area contributed by atoms with Crippen LogP contribution in [0.25, 0.3) is 0 Å². The largest absolute Gasteiger partial charge is 0.497 e. The summed E-state index contributed by atoms with van der Waals surface area (Å²) in [6.07, 6.45) is 1.45. The standard InChI is InChI=1S/C16H14N2O3/c1-21-13-8-6-12(7-9-13)10-17-16(20)14-4-2-3-5-15(14)18-11-19/h2-9H,10H2,1H3,(H,17,20). The number of ether oxygens (including phenoxy) is 1. The normalized spacial score (nSPS) is 9.57. The van der Waals surface area contributed by atoms with Crippen LogP contribution >= 0.6 is 0 Å². The van der Waals surface area contributed by atoms with Crippen LogP contribution < -0.4 is 10.1 Å². The molecule has 0 aliphatic heterocycles. The number of carbonyl (C=O) groups excluding carboxylic acids is 2. The van der Waals surface area contributed by atoms with Gasteiger partial charge in [-0.15, -0.1) is 0 Å². The van der Waals surface area contributed by atoms with Crippen LogP contribution in [0, 0.1) is 0 Å². The van der Waals surface area contributed by atoms with Gasteiger partial charge in [-0.3, -0.25) is 4.79 Å². The minimum atomic E-state index is -0.291. The predicted molar refractivity (Wildman–Crippen MR) is 78.4 cm³/mol. The van der Waals surface area contributed by atoms with Crippen molar-refractivity contribution in [2.45, 2.75) is 6.54 Å². The topological polar surface area (TPSA) is 67.8 Å². The molecule has 0 heterocycles. The molecule has 5 nitrogen and oxygen atoms in total. The van der Waals surface area contributed by atoms with Gasteiger partial charge in [0.2, 0.25) is 6.08 Å². The summed E-state index contributed by atoms with van der Waals surface area (Å²) in [4.78, 5) is 26.0. The van der Waals surface area contributed by atoms with E-state index < -0.39 is 0 Å². The number of isocyanates is 1. The van der Waals surface area contributed by atoms with E-state index in [2.05, 4.69) is 10.3 Å². The summed E-state index contributed by atoms with van der Waals surface area (Å²) in [5.74, 6) is 0.469. The fourth-order valence-electron chi connectivity index (χ4n) is 1.83. The minimum Gasteiger partial charge on any atom is -0.497 e. The molecule has 0 bridgehead atoms. The molecular weight excluding hydrogens is 268 g/mol. The second kappa shape index (κ2) is 7.03. The second-order valence-electron chi connectivity index (χ2n) is 4.25. The van der Waals surface area contributed by atoms with E-state index in [0.717, 1.165) is 11.3 Å². The lowest BCUT2D eigenvalue weighted by Gasteiger charge is -2.07. The zero-order valence-corrected chi connectivity index (χ0v) is 11.5. The Labute approximate surface area is 122 Å². The summed E-state index contributed by atoms with van der Waals surface area (Å²) in [5, 5.41) is 2.78. The van der Waals surface area contributed by atoms with Gasteiger partial charge in [-0.25, -0.2) is 4.79 Å². The quantitative estimate of drug-likeness (QED) is 0.677. The molecule has 0 aliphatic carbocycles. The summed E-state index contributed by atoms with van der Waals surface area (Å²) in [6, 6.07) is 14.0. The Morgan fingerprint density at radius 2 is 1.90 bits per heavy atom. The maximum Gasteiger partial charge on any atom is 0.253 e. The van der Waals surface area contributed by atoms with Crippen molar-refractivity contribution in [1.29, 1.82) is 0 Å². The Hall–Kier alpha value is -2.91. The average molecular weight is 282 g/mol. The second-order valence-corrected chi connectivity index (χ2v) is 4.25. The third-order valence-electron chi connectivity index (χ3n) is 2.93. The molecule has 0 aliphatic rings. The Morgan fingerprint density at radius 1 is 1.19 bits per heavy atom. The van der Waals surface area contributed by atoms with Gasteiger partial charge in [0.1, 0.15) is 5.75 Å². The number of aliphatic imine (C=N–C) groups is 1. The van der Waals surface area contributed by atoms with Crippen molar-refractivity contribution in [2.75, 3.05) is 7.11 Å². The zero-order chi connectivity index (χ0) is 15.1. The summed E-state index contributed by atoms with van der Waals surface area (Å²) in [6.45, 7) is 0.377. The number of hydrogen-bond donors (Lipinski definition) is 1. The molecule has 0 saturated carbocycles. The van der Waals surface area contributed by atoms with Gasteiger partial charge in [0.15, 0.2) is 0 Å². The first-order valence-electron chi connectivity index (χ1n) is 6.32. The van der Waals surface area contributed by atoms with Gasteiger partial charge in [-0.1, -0.05) is 24.3 Å². The Balaban J connectivity index is 2.06. The van der Waals surface area contributed by atoms with Crippen LogP contribution in [0.5, 0.6) is 5.75 Å². The van der Waals surface area contributed by atoms with Crippen molar-refractivity contribution in [3.8, 4) is 5.75 Å². The van der Waals surface area contributed by atoms with Gasteiger partial charge in [0, 0.05) is 6.54 Å². The van der Waals surface area contributed by atoms with Crippen molar-refractivity contribution >= 4 is 17.7 Å². The van der Waals surface area contributed by atoms with E-state index in [0.29, 0.717) is 17.8 Å². The molecule has 0 unspecified atom stereocenters. The fourth-order valence-corrected chi connectivity index (χ4v) is 1.83. The van der Waals surface area contributed by atoms with Crippen molar-refractivity contribution in [3.05, 3.63) is 59.7 Å². The molecule has 0 aromatic heterocycles. The van der Waals surface area contributed by atoms with Gasteiger partial charge in [0.05, 0.1) is 18.4 Å². The lowest BCUT2D eigenvalue weighted by Crippen LogP contribution is -2.22. The molecule has 0 radical (unpaired) electrons. The number of para-hydroxylation sites is 1. The predicted octanol–water partition coefficient (Wildman–Crippen LogP) is 2.59. The molecule has 1 N–H and O–H groups in total. The van der Waals surface area contributed by atoms with E-state index in [1.807, 2.05) is 24.3 Å². The van der Waals surface area contributed by atoms with Crippen LogP contribution in [0.4, 0.5) is 5.69 Å². The van der Waals surface area contributed by atoms with Crippen LogP contribution in [-0.2, 0) is 11.3 Å². The molecule has 106 valence electrons. The molecule has 0 atom stereocenters. The molecule has 2 aromatic rings. The third-order valence-corrected chi connectivity index (χ3v) is 2.93. The van der Waals surface area contributed by atoms with Gasteiger partial charge < -0.3 is 10.1 Å². The molecule has 0 saturated heterocycles. The fraction of sp³-hybridized carbons (Fsp3) is 0.125. The Morgan fingerprint density at radius 3 is 2.57 bits per heavy atom. The summed E-state index contributed by atoms with van der Waals surface area (Å²) >= 11 is 0.